The highest BCUT2D eigenvalue weighted by Crippen LogP contribution is 2.33. The molecule has 3 rings (SSSR count). The van der Waals surface area contributed by atoms with Gasteiger partial charge >= 0.3 is 6.18 Å². The first kappa shape index (κ1) is 18.3. The van der Waals surface area contributed by atoms with E-state index in [4.69, 9.17) is 11.6 Å². The number of amides is 2. The third-order valence-electron chi connectivity index (χ3n) is 4.10. The van der Waals surface area contributed by atoms with Crippen molar-refractivity contribution in [2.24, 2.45) is 5.92 Å². The molecule has 26 heavy (non-hydrogen) atoms. The average Bonchev–Trinajstić information content (AvgIpc) is 2.97. The summed E-state index contributed by atoms with van der Waals surface area (Å²) in [6.45, 7) is 0.118. The quantitative estimate of drug-likeness (QED) is 0.858. The van der Waals surface area contributed by atoms with E-state index < -0.39 is 23.6 Å². The van der Waals surface area contributed by atoms with Gasteiger partial charge in [0.2, 0.25) is 11.8 Å². The Morgan fingerprint density at radius 3 is 2.58 bits per heavy atom. The zero-order chi connectivity index (χ0) is 18.9. The van der Waals surface area contributed by atoms with Crippen molar-refractivity contribution >= 4 is 34.8 Å². The number of nitrogens with one attached hydrogen (secondary N) is 1. The molecule has 0 aliphatic carbocycles. The molecular weight excluding hydrogens is 369 g/mol. The van der Waals surface area contributed by atoms with Crippen molar-refractivity contribution in [2.45, 2.75) is 12.6 Å². The van der Waals surface area contributed by atoms with Gasteiger partial charge in [0.25, 0.3) is 0 Å². The second-order valence-electron chi connectivity index (χ2n) is 5.92. The van der Waals surface area contributed by atoms with Crippen LogP contribution in [0.2, 0.25) is 5.02 Å². The smallest absolute Gasteiger partial charge is 0.326 e. The van der Waals surface area contributed by atoms with Crippen molar-refractivity contribution in [3.63, 3.8) is 0 Å². The molecule has 2 aromatic rings. The summed E-state index contributed by atoms with van der Waals surface area (Å²) < 4.78 is 38.3. The Morgan fingerprint density at radius 2 is 1.88 bits per heavy atom. The molecule has 1 aliphatic heterocycles. The lowest BCUT2D eigenvalue weighted by Gasteiger charge is -2.18. The van der Waals surface area contributed by atoms with Crippen molar-refractivity contribution in [3.05, 3.63) is 59.1 Å². The maximum atomic E-state index is 12.8. The molecule has 8 heteroatoms. The summed E-state index contributed by atoms with van der Waals surface area (Å²) in [5.74, 6) is -1.44. The van der Waals surface area contributed by atoms with Crippen LogP contribution >= 0.6 is 11.6 Å². The van der Waals surface area contributed by atoms with Crippen LogP contribution in [0.3, 0.4) is 0 Å². The number of hydrogen-bond donors (Lipinski definition) is 1. The Labute approximate surface area is 152 Å². The second kappa shape index (κ2) is 6.99. The minimum absolute atomic E-state index is 0.0317. The highest BCUT2D eigenvalue weighted by atomic mass is 35.5. The van der Waals surface area contributed by atoms with Crippen molar-refractivity contribution in [3.8, 4) is 0 Å². The topological polar surface area (TPSA) is 49.4 Å². The fourth-order valence-corrected chi connectivity index (χ4v) is 3.04. The van der Waals surface area contributed by atoms with Gasteiger partial charge in [-0.3, -0.25) is 9.59 Å². The van der Waals surface area contributed by atoms with E-state index in [2.05, 4.69) is 5.32 Å². The number of rotatable bonds is 3. The van der Waals surface area contributed by atoms with Crippen molar-refractivity contribution < 1.29 is 22.8 Å². The monoisotopic (exact) mass is 382 g/mol. The van der Waals surface area contributed by atoms with Gasteiger partial charge in [0, 0.05) is 18.7 Å². The summed E-state index contributed by atoms with van der Waals surface area (Å²) in [6.07, 6.45) is -4.53. The molecular formula is C18H14ClF3N2O2. The molecule has 4 nitrogen and oxygen atoms in total. The lowest BCUT2D eigenvalue weighted by atomic mass is 10.1. The number of nitrogens with zero attached hydrogens (tertiary/aromatic N) is 1. The minimum atomic E-state index is -4.50. The van der Waals surface area contributed by atoms with Crippen LogP contribution < -0.4 is 10.2 Å². The Kier molecular flexibility index (Phi) is 4.91. The van der Waals surface area contributed by atoms with E-state index in [1.807, 2.05) is 0 Å². The fraction of sp³-hybridized carbons (Fsp3) is 0.222. The van der Waals surface area contributed by atoms with Gasteiger partial charge in [0.1, 0.15) is 0 Å². The number of halogens is 4. The standard InChI is InChI=1S/C18H14ClF3N2O2/c19-14-6-1-2-7-15(14)24-10-11(8-16(24)25)17(26)23-13-5-3-4-12(9-13)18(20,21)22/h1-7,9,11H,8,10H2,(H,23,26)/t11-/m1/s1. The Bertz CT molecular complexity index is 854. The third-order valence-corrected chi connectivity index (χ3v) is 4.42. The molecule has 0 radical (unpaired) electrons. The lowest BCUT2D eigenvalue weighted by Crippen LogP contribution is -2.28. The predicted molar refractivity (Wildman–Crippen MR) is 92.0 cm³/mol. The third kappa shape index (κ3) is 3.83. The largest absolute Gasteiger partial charge is 0.416 e. The van der Waals surface area contributed by atoms with Gasteiger partial charge in [0.15, 0.2) is 0 Å². The molecule has 0 spiro atoms. The first-order valence-electron chi connectivity index (χ1n) is 7.79. The molecule has 1 N–H and O–H groups in total. The van der Waals surface area contributed by atoms with Gasteiger partial charge in [-0.05, 0) is 30.3 Å². The number of benzene rings is 2. The molecule has 0 saturated carbocycles. The second-order valence-corrected chi connectivity index (χ2v) is 6.33. The van der Waals surface area contributed by atoms with Crippen molar-refractivity contribution in [2.75, 3.05) is 16.8 Å². The first-order valence-corrected chi connectivity index (χ1v) is 8.16. The zero-order valence-corrected chi connectivity index (χ0v) is 14.1. The van der Waals surface area contributed by atoms with E-state index in [1.54, 1.807) is 24.3 Å². The van der Waals surface area contributed by atoms with Crippen LogP contribution in [-0.4, -0.2) is 18.4 Å². The normalized spacial score (nSPS) is 17.5. The summed E-state index contributed by atoms with van der Waals surface area (Å²) >= 11 is 6.09. The van der Waals surface area contributed by atoms with E-state index in [1.165, 1.54) is 17.0 Å². The summed E-state index contributed by atoms with van der Waals surface area (Å²) in [7, 11) is 0. The van der Waals surface area contributed by atoms with Crippen LogP contribution in [0.5, 0.6) is 0 Å². The molecule has 1 saturated heterocycles. The summed E-state index contributed by atoms with van der Waals surface area (Å²) in [6, 6.07) is 11.1. The number of anilines is 2. The molecule has 136 valence electrons. The van der Waals surface area contributed by atoms with Crippen LogP contribution in [0.4, 0.5) is 24.5 Å². The molecule has 1 aliphatic rings. The van der Waals surface area contributed by atoms with Gasteiger partial charge in [-0.1, -0.05) is 29.8 Å². The molecule has 2 amide bonds. The number of carbonyl (C=O) groups is 2. The van der Waals surface area contributed by atoms with Crippen molar-refractivity contribution in [1.82, 2.24) is 0 Å². The van der Waals surface area contributed by atoms with Gasteiger partial charge in [0.05, 0.1) is 22.2 Å². The number of alkyl halides is 3. The Hall–Kier alpha value is -2.54. The highest BCUT2D eigenvalue weighted by Gasteiger charge is 2.36. The fourth-order valence-electron chi connectivity index (χ4n) is 2.80. The molecule has 1 fully saturated rings. The van der Waals surface area contributed by atoms with E-state index in [9.17, 15) is 22.8 Å². The maximum absolute atomic E-state index is 12.8. The molecule has 0 unspecified atom stereocenters. The van der Waals surface area contributed by atoms with E-state index in [0.29, 0.717) is 10.7 Å². The Morgan fingerprint density at radius 1 is 1.15 bits per heavy atom. The van der Waals surface area contributed by atoms with Gasteiger partial charge in [-0.15, -0.1) is 0 Å². The van der Waals surface area contributed by atoms with Gasteiger partial charge in [-0.2, -0.15) is 13.2 Å². The number of para-hydroxylation sites is 1. The van der Waals surface area contributed by atoms with E-state index in [-0.39, 0.29) is 24.6 Å². The molecule has 2 aromatic carbocycles. The summed E-state index contributed by atoms with van der Waals surface area (Å²) in [4.78, 5) is 26.0. The SMILES string of the molecule is O=C(Nc1cccc(C(F)(F)F)c1)[C@@H]1CC(=O)N(c2ccccc2Cl)C1. The number of hydrogen-bond acceptors (Lipinski definition) is 2. The number of carbonyl (C=O) groups excluding carboxylic acids is 2. The molecule has 1 atom stereocenters. The highest BCUT2D eigenvalue weighted by molar-refractivity contribution is 6.33. The maximum Gasteiger partial charge on any atom is 0.416 e. The van der Waals surface area contributed by atoms with Crippen LogP contribution in [0, 0.1) is 5.92 Å². The Balaban J connectivity index is 1.72. The predicted octanol–water partition coefficient (Wildman–Crippen LogP) is 4.35. The zero-order valence-electron chi connectivity index (χ0n) is 13.4. The molecule has 1 heterocycles. The van der Waals surface area contributed by atoms with Crippen LogP contribution in [0.15, 0.2) is 48.5 Å². The lowest BCUT2D eigenvalue weighted by molar-refractivity contribution is -0.137. The van der Waals surface area contributed by atoms with Gasteiger partial charge < -0.3 is 10.2 Å². The molecule has 0 aromatic heterocycles. The minimum Gasteiger partial charge on any atom is -0.326 e. The summed E-state index contributed by atoms with van der Waals surface area (Å²) in [5, 5.41) is 2.84. The first-order chi connectivity index (χ1) is 12.3. The van der Waals surface area contributed by atoms with E-state index in [0.717, 1.165) is 12.1 Å². The van der Waals surface area contributed by atoms with Crippen molar-refractivity contribution in [1.29, 1.82) is 0 Å². The average molecular weight is 383 g/mol. The van der Waals surface area contributed by atoms with Crippen LogP contribution in [0.1, 0.15) is 12.0 Å². The van der Waals surface area contributed by atoms with Gasteiger partial charge in [-0.25, -0.2) is 0 Å². The molecule has 0 bridgehead atoms. The van der Waals surface area contributed by atoms with E-state index >= 15 is 0 Å². The van der Waals surface area contributed by atoms with Crippen LogP contribution in [-0.2, 0) is 15.8 Å². The van der Waals surface area contributed by atoms with Crippen LogP contribution in [0.25, 0.3) is 0 Å². The summed E-state index contributed by atoms with van der Waals surface area (Å²) in [5.41, 5.74) is -0.308.